The van der Waals surface area contributed by atoms with Crippen LogP contribution in [-0.4, -0.2) is 43.4 Å². The molecule has 0 bridgehead atoms. The number of aromatic nitrogens is 1. The molecule has 2 heterocycles. The zero-order valence-corrected chi connectivity index (χ0v) is 20.2. The molecule has 0 spiro atoms. The van der Waals surface area contributed by atoms with Crippen molar-refractivity contribution in [2.24, 2.45) is 4.99 Å². The number of hydrogen-bond acceptors (Lipinski definition) is 7. The number of unbranched alkanes of at least 4 members (excludes halogenated alkanes) is 2. The Bertz CT molecular complexity index is 1230. The van der Waals surface area contributed by atoms with E-state index in [0.717, 1.165) is 35.2 Å². The standard InChI is InChI=1S/C25H28N2O6S/c1-3-4-5-12-31-18-8-6-17(7-9-18)24(29)26-25-27(11-10-23(28)30-2)19-15-20-21(16-22(19)34-25)33-14-13-32-20/h6-9,15-16H,3-5,10-14H2,1-2H3. The third-order valence-corrected chi connectivity index (χ3v) is 6.47. The molecule has 1 aromatic heterocycles. The highest BCUT2D eigenvalue weighted by atomic mass is 32.1. The van der Waals surface area contributed by atoms with E-state index in [1.807, 2.05) is 16.7 Å². The molecule has 4 rings (SSSR count). The van der Waals surface area contributed by atoms with E-state index in [9.17, 15) is 9.59 Å². The van der Waals surface area contributed by atoms with Crippen molar-refractivity contribution in [1.82, 2.24) is 4.57 Å². The van der Waals surface area contributed by atoms with Crippen LogP contribution >= 0.6 is 11.3 Å². The molecule has 1 aliphatic rings. The number of benzene rings is 2. The zero-order valence-electron chi connectivity index (χ0n) is 19.4. The second-order valence-corrected chi connectivity index (χ2v) is 8.83. The van der Waals surface area contributed by atoms with Crippen LogP contribution < -0.4 is 19.0 Å². The second-order valence-electron chi connectivity index (χ2n) is 7.82. The van der Waals surface area contributed by atoms with Gasteiger partial charge in [-0.05, 0) is 30.7 Å². The minimum Gasteiger partial charge on any atom is -0.494 e. The van der Waals surface area contributed by atoms with Crippen LogP contribution in [0.5, 0.6) is 17.2 Å². The number of nitrogens with zero attached hydrogens (tertiary/aromatic N) is 2. The number of carbonyl (C=O) groups excluding carboxylic acids is 2. The van der Waals surface area contributed by atoms with Gasteiger partial charge < -0.3 is 23.5 Å². The first-order chi connectivity index (χ1) is 16.6. The van der Waals surface area contributed by atoms with Crippen LogP contribution in [0.25, 0.3) is 10.2 Å². The molecule has 0 radical (unpaired) electrons. The molecular weight excluding hydrogens is 456 g/mol. The van der Waals surface area contributed by atoms with Gasteiger partial charge in [-0.25, -0.2) is 0 Å². The summed E-state index contributed by atoms with van der Waals surface area (Å²) in [6.45, 7) is 4.09. The highest BCUT2D eigenvalue weighted by molar-refractivity contribution is 7.16. The highest BCUT2D eigenvalue weighted by Crippen LogP contribution is 2.35. The summed E-state index contributed by atoms with van der Waals surface area (Å²) >= 11 is 1.36. The first kappa shape index (κ1) is 23.8. The first-order valence-electron chi connectivity index (χ1n) is 11.4. The van der Waals surface area contributed by atoms with E-state index < -0.39 is 0 Å². The Morgan fingerprint density at radius 1 is 1.09 bits per heavy atom. The van der Waals surface area contributed by atoms with E-state index >= 15 is 0 Å². The van der Waals surface area contributed by atoms with Gasteiger partial charge in [-0.1, -0.05) is 31.1 Å². The second kappa shape index (κ2) is 11.2. The van der Waals surface area contributed by atoms with Gasteiger partial charge in [-0.2, -0.15) is 4.99 Å². The summed E-state index contributed by atoms with van der Waals surface area (Å²) in [7, 11) is 1.35. The number of hydrogen-bond donors (Lipinski definition) is 0. The largest absolute Gasteiger partial charge is 0.494 e. The molecular formula is C25H28N2O6S. The molecule has 180 valence electrons. The molecule has 1 aliphatic heterocycles. The number of aryl methyl sites for hydroxylation is 1. The van der Waals surface area contributed by atoms with Gasteiger partial charge in [0.15, 0.2) is 16.3 Å². The lowest BCUT2D eigenvalue weighted by atomic mass is 10.2. The Hall–Kier alpha value is -3.33. The third-order valence-electron chi connectivity index (χ3n) is 5.43. The Labute approximate surface area is 201 Å². The molecule has 3 aromatic rings. The maximum Gasteiger partial charge on any atom is 0.307 e. The predicted molar refractivity (Wildman–Crippen MR) is 129 cm³/mol. The van der Waals surface area contributed by atoms with E-state index in [4.69, 9.17) is 18.9 Å². The molecule has 0 atom stereocenters. The molecule has 8 nitrogen and oxygen atoms in total. The van der Waals surface area contributed by atoms with Crippen LogP contribution in [0.3, 0.4) is 0 Å². The van der Waals surface area contributed by atoms with Gasteiger partial charge in [0.2, 0.25) is 0 Å². The molecule has 0 saturated heterocycles. The van der Waals surface area contributed by atoms with Gasteiger partial charge in [0, 0.05) is 24.2 Å². The van der Waals surface area contributed by atoms with Crippen molar-refractivity contribution in [3.05, 3.63) is 46.8 Å². The number of amides is 1. The van der Waals surface area contributed by atoms with Gasteiger partial charge in [0.05, 0.1) is 30.4 Å². The number of carbonyl (C=O) groups is 2. The van der Waals surface area contributed by atoms with E-state index in [0.29, 0.717) is 48.2 Å². The van der Waals surface area contributed by atoms with Gasteiger partial charge in [0.1, 0.15) is 19.0 Å². The van der Waals surface area contributed by atoms with Crippen LogP contribution in [0.4, 0.5) is 0 Å². The van der Waals surface area contributed by atoms with Crippen molar-refractivity contribution in [2.45, 2.75) is 39.2 Å². The fourth-order valence-corrected chi connectivity index (χ4v) is 4.66. The Balaban J connectivity index is 1.62. The Kier molecular flexibility index (Phi) is 7.84. The first-order valence-corrected chi connectivity index (χ1v) is 12.2. The van der Waals surface area contributed by atoms with Crippen molar-refractivity contribution in [2.75, 3.05) is 26.9 Å². The molecule has 0 fully saturated rings. The van der Waals surface area contributed by atoms with E-state index in [2.05, 4.69) is 11.9 Å². The molecule has 2 aromatic carbocycles. The molecule has 0 unspecified atom stereocenters. The van der Waals surface area contributed by atoms with Gasteiger partial charge in [-0.3, -0.25) is 9.59 Å². The van der Waals surface area contributed by atoms with Crippen molar-refractivity contribution >= 4 is 33.4 Å². The zero-order chi connectivity index (χ0) is 23.9. The summed E-state index contributed by atoms with van der Waals surface area (Å²) in [5.74, 6) is 1.32. The highest BCUT2D eigenvalue weighted by Gasteiger charge is 2.18. The minimum atomic E-state index is -0.367. The summed E-state index contributed by atoms with van der Waals surface area (Å²) in [4.78, 5) is 29.6. The number of methoxy groups -OCH3 is 1. The number of ether oxygens (including phenoxy) is 4. The number of thiazole rings is 1. The summed E-state index contributed by atoms with van der Waals surface area (Å²) in [5.41, 5.74) is 1.28. The summed E-state index contributed by atoms with van der Waals surface area (Å²) in [6, 6.07) is 10.8. The van der Waals surface area contributed by atoms with Crippen molar-refractivity contribution in [1.29, 1.82) is 0 Å². The van der Waals surface area contributed by atoms with Crippen LogP contribution in [0.1, 0.15) is 43.0 Å². The summed E-state index contributed by atoms with van der Waals surface area (Å²) < 4.78 is 24.6. The molecule has 9 heteroatoms. The Morgan fingerprint density at radius 3 is 2.53 bits per heavy atom. The van der Waals surface area contributed by atoms with Gasteiger partial charge in [0.25, 0.3) is 5.91 Å². The monoisotopic (exact) mass is 484 g/mol. The maximum absolute atomic E-state index is 12.9. The lowest BCUT2D eigenvalue weighted by Crippen LogP contribution is -2.19. The average Bonchev–Trinajstić information content (AvgIpc) is 3.19. The smallest absolute Gasteiger partial charge is 0.307 e. The van der Waals surface area contributed by atoms with Crippen molar-refractivity contribution in [3.8, 4) is 17.2 Å². The molecule has 34 heavy (non-hydrogen) atoms. The lowest BCUT2D eigenvalue weighted by Gasteiger charge is -2.18. The topological polar surface area (TPSA) is 88.4 Å². The summed E-state index contributed by atoms with van der Waals surface area (Å²) in [6.07, 6.45) is 3.42. The van der Waals surface area contributed by atoms with Gasteiger partial charge in [-0.15, -0.1) is 0 Å². The quantitative estimate of drug-likeness (QED) is 0.332. The van der Waals surface area contributed by atoms with Crippen molar-refractivity contribution in [3.63, 3.8) is 0 Å². The maximum atomic E-state index is 12.9. The minimum absolute atomic E-state index is 0.155. The molecule has 0 N–H and O–H groups in total. The predicted octanol–water partition coefficient (Wildman–Crippen LogP) is 4.35. The van der Waals surface area contributed by atoms with E-state index in [-0.39, 0.29) is 18.3 Å². The van der Waals surface area contributed by atoms with Crippen LogP contribution in [0, 0.1) is 0 Å². The number of fused-ring (bicyclic) bond motifs is 2. The van der Waals surface area contributed by atoms with Gasteiger partial charge >= 0.3 is 5.97 Å². The van der Waals surface area contributed by atoms with Crippen LogP contribution in [0.2, 0.25) is 0 Å². The normalized spacial score (nSPS) is 13.2. The van der Waals surface area contributed by atoms with Crippen LogP contribution in [0.15, 0.2) is 41.4 Å². The van der Waals surface area contributed by atoms with E-state index in [1.165, 1.54) is 18.4 Å². The fraction of sp³-hybridized carbons (Fsp3) is 0.400. The molecule has 1 amide bonds. The lowest BCUT2D eigenvalue weighted by molar-refractivity contribution is -0.140. The number of esters is 1. The molecule has 0 aliphatic carbocycles. The fourth-order valence-electron chi connectivity index (χ4n) is 3.60. The van der Waals surface area contributed by atoms with Crippen molar-refractivity contribution < 1.29 is 28.5 Å². The van der Waals surface area contributed by atoms with E-state index in [1.54, 1.807) is 24.3 Å². The SMILES string of the molecule is CCCCCOc1ccc(C(=O)N=c2sc3cc4c(cc3n2CCC(=O)OC)OCCO4)cc1. The number of rotatable bonds is 9. The molecule has 0 saturated carbocycles. The average molecular weight is 485 g/mol. The van der Waals surface area contributed by atoms with Crippen LogP contribution in [-0.2, 0) is 16.1 Å². The summed E-state index contributed by atoms with van der Waals surface area (Å²) in [5, 5.41) is 0. The Morgan fingerprint density at radius 2 is 1.82 bits per heavy atom. The third kappa shape index (κ3) is 5.59.